The Morgan fingerprint density at radius 1 is 1.15 bits per heavy atom. The maximum Gasteiger partial charge on any atom is 0.174 e. The summed E-state index contributed by atoms with van der Waals surface area (Å²) in [7, 11) is 2.01. The Morgan fingerprint density at radius 2 is 2.00 bits per heavy atom. The zero-order valence-electron chi connectivity index (χ0n) is 14.6. The van der Waals surface area contributed by atoms with E-state index in [9.17, 15) is 4.39 Å². The van der Waals surface area contributed by atoms with E-state index in [1.165, 1.54) is 6.07 Å². The predicted molar refractivity (Wildman–Crippen MR) is 104 cm³/mol. The molecule has 1 aliphatic heterocycles. The molecule has 1 N–H and O–H groups in total. The van der Waals surface area contributed by atoms with Crippen molar-refractivity contribution in [2.75, 3.05) is 4.90 Å². The third kappa shape index (κ3) is 2.76. The van der Waals surface area contributed by atoms with Crippen molar-refractivity contribution >= 4 is 23.0 Å². The van der Waals surface area contributed by atoms with E-state index in [4.69, 9.17) is 12.2 Å². The molecule has 4 rings (SSSR count). The van der Waals surface area contributed by atoms with Gasteiger partial charge in [0.05, 0.1) is 11.7 Å². The Kier molecular flexibility index (Phi) is 4.20. The maximum absolute atomic E-state index is 13.8. The molecule has 1 aliphatic rings. The minimum atomic E-state index is -0.219. The third-order valence-corrected chi connectivity index (χ3v) is 5.12. The molecule has 4 nitrogen and oxygen atoms in total. The van der Waals surface area contributed by atoms with Crippen LogP contribution in [0.5, 0.6) is 0 Å². The second kappa shape index (κ2) is 6.53. The van der Waals surface area contributed by atoms with E-state index in [2.05, 4.69) is 25.8 Å². The van der Waals surface area contributed by atoms with Crippen LogP contribution in [0.4, 0.5) is 10.1 Å². The van der Waals surface area contributed by atoms with Gasteiger partial charge in [-0.15, -0.1) is 0 Å². The topological polar surface area (TPSA) is 33.1 Å². The van der Waals surface area contributed by atoms with Crippen LogP contribution in [0.3, 0.4) is 0 Å². The lowest BCUT2D eigenvalue weighted by molar-refractivity contribution is 0.540. The van der Waals surface area contributed by atoms with Gasteiger partial charge in [-0.25, -0.2) is 4.39 Å². The molecule has 0 amide bonds. The SMILES string of the molecule is Cc1cc(N2C(=S)N[C@@H](c3ccccn3)[C@H]2c2cccn2C)ccc1F. The highest BCUT2D eigenvalue weighted by molar-refractivity contribution is 7.80. The van der Waals surface area contributed by atoms with Crippen LogP contribution in [-0.4, -0.2) is 14.7 Å². The van der Waals surface area contributed by atoms with E-state index in [-0.39, 0.29) is 17.9 Å². The average Bonchev–Trinajstić information content (AvgIpc) is 3.21. The van der Waals surface area contributed by atoms with Gasteiger partial charge in [0, 0.05) is 30.8 Å². The van der Waals surface area contributed by atoms with Crippen LogP contribution in [0.2, 0.25) is 0 Å². The number of aromatic nitrogens is 2. The van der Waals surface area contributed by atoms with Gasteiger partial charge in [0.2, 0.25) is 0 Å². The fraction of sp³-hybridized carbons (Fsp3) is 0.200. The highest BCUT2D eigenvalue weighted by atomic mass is 32.1. The number of aryl methyl sites for hydroxylation is 2. The number of benzene rings is 1. The standard InChI is InChI=1S/C20H19FN4S/c1-13-12-14(8-9-15(13)21)25-19(17-7-5-11-24(17)2)18(23-20(25)26)16-6-3-4-10-22-16/h3-12,18-19H,1-2H3,(H,23,26)/t18-,19+/m0/s1. The number of rotatable bonds is 3. The Labute approximate surface area is 157 Å². The fourth-order valence-electron chi connectivity index (χ4n) is 3.49. The molecular weight excluding hydrogens is 347 g/mol. The molecule has 0 bridgehead atoms. The molecule has 1 fully saturated rings. The molecule has 6 heteroatoms. The first kappa shape index (κ1) is 16.7. The molecule has 0 radical (unpaired) electrons. The number of pyridine rings is 1. The third-order valence-electron chi connectivity index (χ3n) is 4.80. The molecule has 0 unspecified atom stereocenters. The summed E-state index contributed by atoms with van der Waals surface area (Å²) in [5.41, 5.74) is 3.49. The molecule has 0 saturated carbocycles. The Hall–Kier alpha value is -2.73. The predicted octanol–water partition coefficient (Wildman–Crippen LogP) is 4.04. The summed E-state index contributed by atoms with van der Waals surface area (Å²) >= 11 is 5.65. The van der Waals surface area contributed by atoms with Gasteiger partial charge in [-0.05, 0) is 67.2 Å². The molecule has 1 saturated heterocycles. The Morgan fingerprint density at radius 3 is 2.65 bits per heavy atom. The lowest BCUT2D eigenvalue weighted by Gasteiger charge is -2.28. The van der Waals surface area contributed by atoms with Crippen LogP contribution >= 0.6 is 12.2 Å². The summed E-state index contributed by atoms with van der Waals surface area (Å²) in [4.78, 5) is 6.58. The number of halogens is 1. The second-order valence-electron chi connectivity index (χ2n) is 6.47. The van der Waals surface area contributed by atoms with Crippen molar-refractivity contribution in [1.29, 1.82) is 0 Å². The lowest BCUT2D eigenvalue weighted by Crippen LogP contribution is -2.30. The first-order valence-electron chi connectivity index (χ1n) is 8.44. The summed E-state index contributed by atoms with van der Waals surface area (Å²) in [6.07, 6.45) is 3.80. The van der Waals surface area contributed by atoms with Gasteiger partial charge in [0.1, 0.15) is 11.9 Å². The first-order chi connectivity index (χ1) is 12.6. The molecule has 1 aromatic carbocycles. The first-order valence-corrected chi connectivity index (χ1v) is 8.85. The number of thiocarbonyl (C=S) groups is 1. The van der Waals surface area contributed by atoms with Gasteiger partial charge in [-0.2, -0.15) is 0 Å². The van der Waals surface area contributed by atoms with Crippen LogP contribution in [0.15, 0.2) is 60.9 Å². The Balaban J connectivity index is 1.85. The van der Waals surface area contributed by atoms with Crippen LogP contribution in [0, 0.1) is 12.7 Å². The number of anilines is 1. The van der Waals surface area contributed by atoms with Gasteiger partial charge in [0.25, 0.3) is 0 Å². The van der Waals surface area contributed by atoms with E-state index in [0.717, 1.165) is 17.1 Å². The fourth-order valence-corrected chi connectivity index (χ4v) is 3.84. The Bertz CT molecular complexity index is 953. The highest BCUT2D eigenvalue weighted by Crippen LogP contribution is 2.41. The number of nitrogens with zero attached hydrogens (tertiary/aromatic N) is 3. The largest absolute Gasteiger partial charge is 0.353 e. The van der Waals surface area contributed by atoms with E-state index < -0.39 is 0 Å². The smallest absolute Gasteiger partial charge is 0.174 e. The zero-order valence-corrected chi connectivity index (χ0v) is 15.4. The average molecular weight is 366 g/mol. The molecule has 2 aromatic heterocycles. The van der Waals surface area contributed by atoms with E-state index in [0.29, 0.717) is 10.7 Å². The summed E-state index contributed by atoms with van der Waals surface area (Å²) in [5.74, 6) is -0.219. The highest BCUT2D eigenvalue weighted by Gasteiger charge is 2.41. The lowest BCUT2D eigenvalue weighted by atomic mass is 10.0. The molecule has 0 spiro atoms. The zero-order chi connectivity index (χ0) is 18.3. The molecule has 26 heavy (non-hydrogen) atoms. The van der Waals surface area contributed by atoms with Crippen molar-refractivity contribution in [3.05, 3.63) is 83.7 Å². The molecule has 2 atom stereocenters. The minimum absolute atomic E-state index is 0.0812. The molecule has 0 aliphatic carbocycles. The normalized spacial score (nSPS) is 19.7. The monoisotopic (exact) mass is 366 g/mol. The molecule has 3 aromatic rings. The number of nitrogens with one attached hydrogen (secondary N) is 1. The number of hydrogen-bond donors (Lipinski definition) is 1. The summed E-state index contributed by atoms with van der Waals surface area (Å²) in [5, 5.41) is 4.02. The van der Waals surface area contributed by atoms with Gasteiger partial charge in [0.15, 0.2) is 5.11 Å². The van der Waals surface area contributed by atoms with Gasteiger partial charge >= 0.3 is 0 Å². The van der Waals surface area contributed by atoms with Crippen molar-refractivity contribution < 1.29 is 4.39 Å². The maximum atomic E-state index is 13.8. The summed E-state index contributed by atoms with van der Waals surface area (Å²) in [6.45, 7) is 1.76. The van der Waals surface area contributed by atoms with E-state index in [1.54, 1.807) is 19.2 Å². The van der Waals surface area contributed by atoms with Crippen LogP contribution < -0.4 is 10.2 Å². The van der Waals surface area contributed by atoms with Crippen molar-refractivity contribution in [2.45, 2.75) is 19.0 Å². The van der Waals surface area contributed by atoms with Gasteiger partial charge in [-0.1, -0.05) is 6.07 Å². The van der Waals surface area contributed by atoms with Gasteiger partial charge < -0.3 is 14.8 Å². The van der Waals surface area contributed by atoms with Gasteiger partial charge in [-0.3, -0.25) is 4.98 Å². The van der Waals surface area contributed by atoms with Crippen LogP contribution in [0.1, 0.15) is 29.0 Å². The summed E-state index contributed by atoms with van der Waals surface area (Å²) < 4.78 is 15.9. The molecule has 132 valence electrons. The van der Waals surface area contributed by atoms with E-state index in [1.807, 2.05) is 43.6 Å². The minimum Gasteiger partial charge on any atom is -0.353 e. The van der Waals surface area contributed by atoms with Crippen molar-refractivity contribution in [3.63, 3.8) is 0 Å². The summed E-state index contributed by atoms with van der Waals surface area (Å²) in [6, 6.07) is 14.9. The molecular formula is C20H19FN4S. The van der Waals surface area contributed by atoms with Crippen molar-refractivity contribution in [2.24, 2.45) is 7.05 Å². The second-order valence-corrected chi connectivity index (χ2v) is 6.86. The number of hydrogen-bond acceptors (Lipinski definition) is 2. The molecule has 3 heterocycles. The van der Waals surface area contributed by atoms with Crippen LogP contribution in [0.25, 0.3) is 0 Å². The quantitative estimate of drug-likeness (QED) is 0.709. The van der Waals surface area contributed by atoms with Crippen molar-refractivity contribution in [3.8, 4) is 0 Å². The van der Waals surface area contributed by atoms with Crippen molar-refractivity contribution in [1.82, 2.24) is 14.9 Å². The van der Waals surface area contributed by atoms with E-state index >= 15 is 0 Å². The van der Waals surface area contributed by atoms with Crippen LogP contribution in [-0.2, 0) is 7.05 Å².